The highest BCUT2D eigenvalue weighted by Crippen LogP contribution is 2.24. The molecular formula is C18H22OS2. The van der Waals surface area contributed by atoms with Gasteiger partial charge in [0.05, 0.1) is 0 Å². The van der Waals surface area contributed by atoms with Gasteiger partial charge in [-0.1, -0.05) is 60.7 Å². The number of benzene rings is 2. The summed E-state index contributed by atoms with van der Waals surface area (Å²) in [6.07, 6.45) is 0. The Bertz CT molecular complexity index is 454. The van der Waals surface area contributed by atoms with Crippen LogP contribution in [0, 0.1) is 0 Å². The lowest BCUT2D eigenvalue weighted by molar-refractivity contribution is 0.113. The van der Waals surface area contributed by atoms with Crippen LogP contribution in [-0.4, -0.2) is 10.9 Å². The van der Waals surface area contributed by atoms with E-state index in [0.717, 1.165) is 11.5 Å². The molecule has 2 unspecified atom stereocenters. The van der Waals surface area contributed by atoms with Crippen LogP contribution in [0.4, 0.5) is 0 Å². The van der Waals surface area contributed by atoms with Gasteiger partial charge in [0.1, 0.15) is 10.9 Å². The van der Waals surface area contributed by atoms with Crippen LogP contribution in [0.15, 0.2) is 60.7 Å². The first-order valence-corrected chi connectivity index (χ1v) is 9.30. The minimum atomic E-state index is 0.212. The largest absolute Gasteiger partial charge is 0.354 e. The Morgan fingerprint density at radius 2 is 1.10 bits per heavy atom. The van der Waals surface area contributed by atoms with E-state index in [1.807, 2.05) is 23.5 Å². The predicted octanol–water partition coefficient (Wildman–Crippen LogP) is 5.56. The first kappa shape index (κ1) is 16.5. The van der Waals surface area contributed by atoms with Crippen LogP contribution >= 0.6 is 23.5 Å². The SMILES string of the molecule is CC(OC(C)SCc1ccccc1)SCc1ccccc1. The van der Waals surface area contributed by atoms with Gasteiger partial charge in [-0.3, -0.25) is 0 Å². The molecule has 0 saturated heterocycles. The fourth-order valence-corrected chi connectivity index (χ4v) is 3.72. The van der Waals surface area contributed by atoms with Gasteiger partial charge in [-0.2, -0.15) is 0 Å². The average Bonchev–Trinajstić information content (AvgIpc) is 2.53. The van der Waals surface area contributed by atoms with Crippen molar-refractivity contribution in [2.75, 3.05) is 0 Å². The summed E-state index contributed by atoms with van der Waals surface area (Å²) in [5.74, 6) is 2.00. The first-order chi connectivity index (χ1) is 10.2. The summed E-state index contributed by atoms with van der Waals surface area (Å²) in [6, 6.07) is 21.1. The van der Waals surface area contributed by atoms with Crippen molar-refractivity contribution in [3.05, 3.63) is 71.8 Å². The fraction of sp³-hybridized carbons (Fsp3) is 0.333. The highest BCUT2D eigenvalue weighted by atomic mass is 32.2. The lowest BCUT2D eigenvalue weighted by atomic mass is 10.2. The maximum Gasteiger partial charge on any atom is 0.102 e. The van der Waals surface area contributed by atoms with Crippen molar-refractivity contribution >= 4 is 23.5 Å². The maximum absolute atomic E-state index is 6.02. The molecule has 112 valence electrons. The monoisotopic (exact) mass is 318 g/mol. The molecular weight excluding hydrogens is 296 g/mol. The zero-order valence-corrected chi connectivity index (χ0v) is 14.2. The number of hydrogen-bond donors (Lipinski definition) is 0. The fourth-order valence-electron chi connectivity index (χ4n) is 1.92. The van der Waals surface area contributed by atoms with Gasteiger partial charge in [0, 0.05) is 11.5 Å². The summed E-state index contributed by atoms with van der Waals surface area (Å²) in [6.45, 7) is 4.26. The third kappa shape index (κ3) is 6.60. The Labute approximate surface area is 136 Å². The zero-order valence-electron chi connectivity index (χ0n) is 12.6. The quantitative estimate of drug-likeness (QED) is 0.590. The molecule has 3 heteroatoms. The Hall–Kier alpha value is -0.900. The summed E-state index contributed by atoms with van der Waals surface area (Å²) in [4.78, 5) is 0. The van der Waals surface area contributed by atoms with E-state index in [2.05, 4.69) is 74.5 Å². The van der Waals surface area contributed by atoms with Crippen LogP contribution in [0.3, 0.4) is 0 Å². The van der Waals surface area contributed by atoms with E-state index >= 15 is 0 Å². The van der Waals surface area contributed by atoms with Crippen LogP contribution in [0.2, 0.25) is 0 Å². The van der Waals surface area contributed by atoms with Crippen LogP contribution in [-0.2, 0) is 16.2 Å². The Morgan fingerprint density at radius 1 is 0.714 bits per heavy atom. The molecule has 0 bridgehead atoms. The molecule has 0 aliphatic rings. The highest BCUT2D eigenvalue weighted by molar-refractivity contribution is 7.99. The van der Waals surface area contributed by atoms with Gasteiger partial charge in [-0.25, -0.2) is 0 Å². The molecule has 0 fully saturated rings. The van der Waals surface area contributed by atoms with E-state index in [1.54, 1.807) is 0 Å². The smallest absolute Gasteiger partial charge is 0.102 e. The van der Waals surface area contributed by atoms with Crippen molar-refractivity contribution in [3.8, 4) is 0 Å². The molecule has 2 rings (SSSR count). The van der Waals surface area contributed by atoms with E-state index in [9.17, 15) is 0 Å². The average molecular weight is 319 g/mol. The molecule has 0 aliphatic carbocycles. The van der Waals surface area contributed by atoms with E-state index in [1.165, 1.54) is 11.1 Å². The second-order valence-electron chi connectivity index (χ2n) is 4.86. The minimum absolute atomic E-state index is 0.212. The van der Waals surface area contributed by atoms with Gasteiger partial charge < -0.3 is 4.74 Å². The molecule has 0 aromatic heterocycles. The summed E-state index contributed by atoms with van der Waals surface area (Å²) in [5.41, 5.74) is 3.12. The Morgan fingerprint density at radius 3 is 1.48 bits per heavy atom. The second kappa shape index (κ2) is 9.19. The molecule has 0 radical (unpaired) electrons. The third-order valence-electron chi connectivity index (χ3n) is 3.04. The zero-order chi connectivity index (χ0) is 14.9. The molecule has 2 aromatic rings. The maximum atomic E-state index is 6.02. The van der Waals surface area contributed by atoms with Gasteiger partial charge in [0.15, 0.2) is 0 Å². The molecule has 0 heterocycles. The topological polar surface area (TPSA) is 9.23 Å². The molecule has 2 atom stereocenters. The molecule has 0 aliphatic heterocycles. The summed E-state index contributed by atoms with van der Waals surface area (Å²) in [5, 5.41) is 0. The minimum Gasteiger partial charge on any atom is -0.354 e. The lowest BCUT2D eigenvalue weighted by Gasteiger charge is -2.18. The van der Waals surface area contributed by atoms with Gasteiger partial charge in [0.2, 0.25) is 0 Å². The predicted molar refractivity (Wildman–Crippen MR) is 95.5 cm³/mol. The van der Waals surface area contributed by atoms with Crippen LogP contribution in [0.25, 0.3) is 0 Å². The van der Waals surface area contributed by atoms with E-state index in [4.69, 9.17) is 4.74 Å². The number of hydrogen-bond acceptors (Lipinski definition) is 3. The molecule has 1 nitrogen and oxygen atoms in total. The van der Waals surface area contributed by atoms with Crippen molar-refractivity contribution in [2.45, 2.75) is 36.2 Å². The van der Waals surface area contributed by atoms with Gasteiger partial charge in [-0.05, 0) is 25.0 Å². The summed E-state index contributed by atoms with van der Waals surface area (Å²) < 4.78 is 6.02. The molecule has 0 saturated carbocycles. The van der Waals surface area contributed by atoms with Crippen LogP contribution in [0.5, 0.6) is 0 Å². The normalized spacial score (nSPS) is 13.8. The number of thioether (sulfide) groups is 2. The Kier molecular flexibility index (Phi) is 7.20. The number of ether oxygens (including phenoxy) is 1. The van der Waals surface area contributed by atoms with Crippen LogP contribution < -0.4 is 0 Å². The highest BCUT2D eigenvalue weighted by Gasteiger charge is 2.09. The van der Waals surface area contributed by atoms with Crippen LogP contribution in [0.1, 0.15) is 25.0 Å². The van der Waals surface area contributed by atoms with Crippen molar-refractivity contribution < 1.29 is 4.74 Å². The van der Waals surface area contributed by atoms with Crippen molar-refractivity contribution in [1.29, 1.82) is 0 Å². The Balaban J connectivity index is 1.66. The van der Waals surface area contributed by atoms with Crippen molar-refractivity contribution in [2.24, 2.45) is 0 Å². The van der Waals surface area contributed by atoms with E-state index in [-0.39, 0.29) is 10.9 Å². The lowest BCUT2D eigenvalue weighted by Crippen LogP contribution is -2.11. The molecule has 0 spiro atoms. The van der Waals surface area contributed by atoms with Gasteiger partial charge in [0.25, 0.3) is 0 Å². The summed E-state index contributed by atoms with van der Waals surface area (Å²) in [7, 11) is 0. The van der Waals surface area contributed by atoms with E-state index in [0.29, 0.717) is 0 Å². The van der Waals surface area contributed by atoms with E-state index < -0.39 is 0 Å². The molecule has 2 aromatic carbocycles. The third-order valence-corrected chi connectivity index (χ3v) is 5.20. The first-order valence-electron chi connectivity index (χ1n) is 7.20. The van der Waals surface area contributed by atoms with Crippen molar-refractivity contribution in [1.82, 2.24) is 0 Å². The van der Waals surface area contributed by atoms with Gasteiger partial charge >= 0.3 is 0 Å². The molecule has 0 N–H and O–H groups in total. The number of rotatable bonds is 8. The molecule has 21 heavy (non-hydrogen) atoms. The van der Waals surface area contributed by atoms with Crippen molar-refractivity contribution in [3.63, 3.8) is 0 Å². The van der Waals surface area contributed by atoms with Gasteiger partial charge in [-0.15, -0.1) is 23.5 Å². The summed E-state index contributed by atoms with van der Waals surface area (Å²) >= 11 is 3.69. The second-order valence-corrected chi connectivity index (χ2v) is 7.44. The standard InChI is InChI=1S/C18H22OS2/c1-15(20-13-17-9-5-3-6-10-17)19-16(2)21-14-18-11-7-4-8-12-18/h3-12,15-16H,13-14H2,1-2H3. The molecule has 0 amide bonds.